The highest BCUT2D eigenvalue weighted by molar-refractivity contribution is 5.21. The first-order valence-electron chi connectivity index (χ1n) is 13.6. The molecule has 1 aromatic rings. The van der Waals surface area contributed by atoms with Crippen molar-refractivity contribution in [2.24, 2.45) is 29.6 Å². The predicted molar refractivity (Wildman–Crippen MR) is 135 cm³/mol. The minimum atomic E-state index is 0.871. The Hall–Kier alpha value is -0.780. The van der Waals surface area contributed by atoms with Crippen LogP contribution in [-0.2, 0) is 6.42 Å². The fourth-order valence-electron chi connectivity index (χ4n) is 6.25. The molecule has 172 valence electrons. The van der Waals surface area contributed by atoms with E-state index in [4.69, 9.17) is 0 Å². The van der Waals surface area contributed by atoms with Gasteiger partial charge in [-0.3, -0.25) is 0 Å². The standard InChI is InChI=1S/C30H52/c1-6-10-26-17-16-25(8-3)20-21-29(9-4)30(22-27(11-7-2)19-18-26)23-28-14-12-24(5)13-15-28/h12-15,25-27,29-30H,6-11,16-23H2,1-5H3. The quantitative estimate of drug-likeness (QED) is 0.398. The first-order valence-corrected chi connectivity index (χ1v) is 13.6. The number of benzene rings is 1. The van der Waals surface area contributed by atoms with E-state index >= 15 is 0 Å². The van der Waals surface area contributed by atoms with Gasteiger partial charge in [-0.25, -0.2) is 0 Å². The van der Waals surface area contributed by atoms with E-state index in [0.29, 0.717) is 0 Å². The molecular weight excluding hydrogens is 360 g/mol. The Morgan fingerprint density at radius 2 is 1.20 bits per heavy atom. The average Bonchev–Trinajstić information content (AvgIpc) is 2.74. The second-order valence-electron chi connectivity index (χ2n) is 10.7. The summed E-state index contributed by atoms with van der Waals surface area (Å²) in [5.41, 5.74) is 2.96. The lowest BCUT2D eigenvalue weighted by Gasteiger charge is -2.33. The van der Waals surface area contributed by atoms with Gasteiger partial charge < -0.3 is 0 Å². The zero-order valence-corrected chi connectivity index (χ0v) is 21.1. The molecule has 5 unspecified atom stereocenters. The van der Waals surface area contributed by atoms with Gasteiger partial charge in [-0.2, -0.15) is 0 Å². The molecule has 0 N–H and O–H groups in total. The highest BCUT2D eigenvalue weighted by Gasteiger charge is 2.26. The summed E-state index contributed by atoms with van der Waals surface area (Å²) in [5.74, 6) is 4.67. The van der Waals surface area contributed by atoms with E-state index < -0.39 is 0 Å². The fraction of sp³-hybridized carbons (Fsp3) is 0.800. The van der Waals surface area contributed by atoms with Crippen LogP contribution in [0, 0.1) is 36.5 Å². The molecule has 1 aliphatic rings. The van der Waals surface area contributed by atoms with Crippen molar-refractivity contribution in [3.05, 3.63) is 35.4 Å². The van der Waals surface area contributed by atoms with Crippen LogP contribution in [0.1, 0.15) is 122 Å². The molecule has 5 atom stereocenters. The molecule has 0 spiro atoms. The number of rotatable bonds is 8. The average molecular weight is 413 g/mol. The highest BCUT2D eigenvalue weighted by atomic mass is 14.3. The van der Waals surface area contributed by atoms with Crippen LogP contribution < -0.4 is 0 Å². The van der Waals surface area contributed by atoms with Crippen LogP contribution in [0.15, 0.2) is 24.3 Å². The minimum absolute atomic E-state index is 0.871. The molecule has 0 heteroatoms. The molecule has 0 heterocycles. The van der Waals surface area contributed by atoms with Crippen LogP contribution in [0.5, 0.6) is 0 Å². The van der Waals surface area contributed by atoms with Crippen molar-refractivity contribution in [2.45, 2.75) is 125 Å². The van der Waals surface area contributed by atoms with Gasteiger partial charge in [0.25, 0.3) is 0 Å². The Kier molecular flexibility index (Phi) is 12.2. The van der Waals surface area contributed by atoms with Crippen molar-refractivity contribution in [3.63, 3.8) is 0 Å². The third kappa shape index (κ3) is 8.76. The molecule has 0 aliphatic heterocycles. The molecule has 1 aliphatic carbocycles. The number of aryl methyl sites for hydroxylation is 1. The summed E-state index contributed by atoms with van der Waals surface area (Å²) < 4.78 is 0. The maximum atomic E-state index is 2.46. The maximum Gasteiger partial charge on any atom is -0.0248 e. The van der Waals surface area contributed by atoms with Crippen LogP contribution in [0.2, 0.25) is 0 Å². The second-order valence-corrected chi connectivity index (χ2v) is 10.7. The Bertz CT molecular complexity index is 542. The summed E-state index contributed by atoms with van der Waals surface area (Å²) >= 11 is 0. The van der Waals surface area contributed by atoms with Gasteiger partial charge in [0.15, 0.2) is 0 Å². The van der Waals surface area contributed by atoms with E-state index in [1.54, 1.807) is 5.56 Å². The van der Waals surface area contributed by atoms with E-state index in [9.17, 15) is 0 Å². The smallest absolute Gasteiger partial charge is 0.0248 e. The molecule has 0 radical (unpaired) electrons. The first kappa shape index (κ1) is 25.5. The highest BCUT2D eigenvalue weighted by Crippen LogP contribution is 2.38. The van der Waals surface area contributed by atoms with Crippen LogP contribution in [-0.4, -0.2) is 0 Å². The van der Waals surface area contributed by atoms with Crippen molar-refractivity contribution >= 4 is 0 Å². The number of hydrogen-bond donors (Lipinski definition) is 0. The van der Waals surface area contributed by atoms with Crippen molar-refractivity contribution in [3.8, 4) is 0 Å². The third-order valence-electron chi connectivity index (χ3n) is 8.33. The number of hydrogen-bond acceptors (Lipinski definition) is 0. The van der Waals surface area contributed by atoms with Crippen molar-refractivity contribution < 1.29 is 0 Å². The van der Waals surface area contributed by atoms with E-state index in [-0.39, 0.29) is 0 Å². The topological polar surface area (TPSA) is 0 Å². The Balaban J connectivity index is 2.20. The predicted octanol–water partition coefficient (Wildman–Crippen LogP) is 9.78. The van der Waals surface area contributed by atoms with E-state index in [2.05, 4.69) is 58.9 Å². The molecule has 1 fully saturated rings. The van der Waals surface area contributed by atoms with Crippen LogP contribution in [0.3, 0.4) is 0 Å². The molecular formula is C30H52. The molecule has 0 amide bonds. The molecule has 0 nitrogen and oxygen atoms in total. The zero-order valence-electron chi connectivity index (χ0n) is 21.1. The monoisotopic (exact) mass is 412 g/mol. The van der Waals surface area contributed by atoms with Crippen molar-refractivity contribution in [1.29, 1.82) is 0 Å². The summed E-state index contributed by atoms with van der Waals surface area (Å²) in [4.78, 5) is 0. The third-order valence-corrected chi connectivity index (χ3v) is 8.33. The lowest BCUT2D eigenvalue weighted by Crippen LogP contribution is -2.23. The lowest BCUT2D eigenvalue weighted by atomic mass is 9.72. The second kappa shape index (κ2) is 14.3. The summed E-state index contributed by atoms with van der Waals surface area (Å²) in [6.07, 6.45) is 20.0. The van der Waals surface area contributed by atoms with Gasteiger partial charge in [0, 0.05) is 0 Å². The maximum absolute atomic E-state index is 2.46. The Labute approximate surface area is 189 Å². The fourth-order valence-corrected chi connectivity index (χ4v) is 6.25. The van der Waals surface area contributed by atoms with Gasteiger partial charge in [-0.1, -0.05) is 128 Å². The van der Waals surface area contributed by atoms with Crippen LogP contribution in [0.25, 0.3) is 0 Å². The van der Waals surface area contributed by atoms with Crippen molar-refractivity contribution in [1.82, 2.24) is 0 Å². The Morgan fingerprint density at radius 1 is 0.633 bits per heavy atom. The van der Waals surface area contributed by atoms with E-state index in [0.717, 1.165) is 29.6 Å². The van der Waals surface area contributed by atoms with Gasteiger partial charge in [0.1, 0.15) is 0 Å². The van der Waals surface area contributed by atoms with Gasteiger partial charge in [0.2, 0.25) is 0 Å². The van der Waals surface area contributed by atoms with Crippen LogP contribution >= 0.6 is 0 Å². The van der Waals surface area contributed by atoms with E-state index in [1.807, 2.05) is 0 Å². The molecule has 0 bridgehead atoms. The van der Waals surface area contributed by atoms with Gasteiger partial charge >= 0.3 is 0 Å². The van der Waals surface area contributed by atoms with E-state index in [1.165, 1.54) is 95.5 Å². The molecule has 1 saturated carbocycles. The van der Waals surface area contributed by atoms with Crippen molar-refractivity contribution in [2.75, 3.05) is 0 Å². The Morgan fingerprint density at radius 3 is 1.80 bits per heavy atom. The molecule has 0 aromatic heterocycles. The summed E-state index contributed by atoms with van der Waals surface area (Å²) in [5, 5.41) is 0. The molecule has 0 saturated heterocycles. The van der Waals surface area contributed by atoms with Gasteiger partial charge in [-0.15, -0.1) is 0 Å². The molecule has 30 heavy (non-hydrogen) atoms. The van der Waals surface area contributed by atoms with Gasteiger partial charge in [0.05, 0.1) is 0 Å². The largest absolute Gasteiger partial charge is 0.0654 e. The zero-order chi connectivity index (χ0) is 21.8. The minimum Gasteiger partial charge on any atom is -0.0654 e. The molecule has 2 rings (SSSR count). The van der Waals surface area contributed by atoms with Crippen LogP contribution in [0.4, 0.5) is 0 Å². The first-order chi connectivity index (χ1) is 14.6. The summed E-state index contributed by atoms with van der Waals surface area (Å²) in [7, 11) is 0. The van der Waals surface area contributed by atoms with Gasteiger partial charge in [-0.05, 0) is 61.3 Å². The molecule has 1 aromatic carbocycles. The SMILES string of the molecule is CCCC1CCC(CC)CCC(CC)C(Cc2ccc(C)cc2)CC(CCC)CC1. The lowest BCUT2D eigenvalue weighted by molar-refractivity contribution is 0.196. The normalized spacial score (nSPS) is 29.2. The summed E-state index contributed by atoms with van der Waals surface area (Å²) in [6.45, 7) is 11.9. The summed E-state index contributed by atoms with van der Waals surface area (Å²) in [6, 6.07) is 9.44.